The number of carbonyl (C=O) groups excluding carboxylic acids is 2. The van der Waals surface area contributed by atoms with E-state index in [-0.39, 0.29) is 19.1 Å². The highest BCUT2D eigenvalue weighted by molar-refractivity contribution is 9.10. The van der Waals surface area contributed by atoms with Crippen LogP contribution in [0.25, 0.3) is 0 Å². The zero-order valence-electron chi connectivity index (χ0n) is 14.0. The van der Waals surface area contributed by atoms with Gasteiger partial charge >= 0.3 is 6.09 Å². The van der Waals surface area contributed by atoms with Gasteiger partial charge in [-0.05, 0) is 40.5 Å². The molecule has 0 spiro atoms. The number of nitrogens with zero attached hydrogens (tertiary/aromatic N) is 2. The molecule has 2 amide bonds. The molecular weight excluding hydrogens is 382 g/mol. The first-order valence-corrected chi connectivity index (χ1v) is 7.84. The second-order valence-corrected chi connectivity index (χ2v) is 5.56. The van der Waals surface area contributed by atoms with Crippen LogP contribution in [0.3, 0.4) is 0 Å². The maximum atomic E-state index is 11.6. The van der Waals surface area contributed by atoms with E-state index >= 15 is 0 Å². The molecule has 0 fully saturated rings. The van der Waals surface area contributed by atoms with Crippen molar-refractivity contribution in [2.75, 3.05) is 34.4 Å². The largest absolute Gasteiger partial charge is 0.493 e. The Morgan fingerprint density at radius 2 is 2.08 bits per heavy atom. The predicted molar refractivity (Wildman–Crippen MR) is 92.6 cm³/mol. The standard InChI is InChI=1S/C15H20BrN3O5/c1-5-23-15(21)18-17-8-10-6-11(16)14(12(7-10)22-4)24-9-13(20)19(2)3/h6-8H,5,9H2,1-4H3,(H,18,21)/b17-8+. The highest BCUT2D eigenvalue weighted by atomic mass is 79.9. The average Bonchev–Trinajstić information content (AvgIpc) is 2.53. The zero-order chi connectivity index (χ0) is 18.1. The normalized spacial score (nSPS) is 10.4. The van der Waals surface area contributed by atoms with E-state index in [0.717, 1.165) is 0 Å². The van der Waals surface area contributed by atoms with Crippen molar-refractivity contribution in [1.82, 2.24) is 10.3 Å². The van der Waals surface area contributed by atoms with E-state index in [4.69, 9.17) is 9.47 Å². The second-order valence-electron chi connectivity index (χ2n) is 4.70. The smallest absolute Gasteiger partial charge is 0.427 e. The summed E-state index contributed by atoms with van der Waals surface area (Å²) in [5.41, 5.74) is 2.88. The molecule has 0 aliphatic rings. The molecule has 0 heterocycles. The molecule has 1 aromatic rings. The van der Waals surface area contributed by atoms with Crippen LogP contribution in [0.4, 0.5) is 4.79 Å². The Hall–Kier alpha value is -2.29. The number of rotatable bonds is 7. The first kappa shape index (κ1) is 19.8. The lowest BCUT2D eigenvalue weighted by atomic mass is 10.2. The Bertz CT molecular complexity index is 619. The molecular formula is C15H20BrN3O5. The van der Waals surface area contributed by atoms with Gasteiger partial charge < -0.3 is 19.1 Å². The Kier molecular flexibility index (Phi) is 8.03. The van der Waals surface area contributed by atoms with Crippen molar-refractivity contribution >= 4 is 34.1 Å². The Morgan fingerprint density at radius 3 is 2.67 bits per heavy atom. The summed E-state index contributed by atoms with van der Waals surface area (Å²) in [5.74, 6) is 0.657. The monoisotopic (exact) mass is 401 g/mol. The van der Waals surface area contributed by atoms with Gasteiger partial charge in [-0.15, -0.1) is 0 Å². The number of amides is 2. The molecule has 1 aromatic carbocycles. The van der Waals surface area contributed by atoms with Crippen LogP contribution in [0.2, 0.25) is 0 Å². The van der Waals surface area contributed by atoms with Gasteiger partial charge in [-0.2, -0.15) is 5.10 Å². The molecule has 0 aliphatic heterocycles. The molecule has 0 unspecified atom stereocenters. The summed E-state index contributed by atoms with van der Waals surface area (Å²) in [7, 11) is 4.78. The number of methoxy groups -OCH3 is 1. The molecule has 8 nitrogen and oxygen atoms in total. The topological polar surface area (TPSA) is 89.5 Å². The summed E-state index contributed by atoms with van der Waals surface area (Å²) in [6.07, 6.45) is 0.792. The number of hydrazone groups is 1. The number of nitrogens with one attached hydrogen (secondary N) is 1. The molecule has 24 heavy (non-hydrogen) atoms. The first-order chi connectivity index (χ1) is 11.4. The maximum Gasteiger partial charge on any atom is 0.427 e. The maximum absolute atomic E-state index is 11.6. The van der Waals surface area contributed by atoms with Crippen molar-refractivity contribution in [3.63, 3.8) is 0 Å². The van der Waals surface area contributed by atoms with Crippen molar-refractivity contribution in [3.8, 4) is 11.5 Å². The van der Waals surface area contributed by atoms with Gasteiger partial charge in [0.15, 0.2) is 18.1 Å². The van der Waals surface area contributed by atoms with Gasteiger partial charge in [0.1, 0.15) is 0 Å². The molecule has 0 atom stereocenters. The van der Waals surface area contributed by atoms with Crippen molar-refractivity contribution < 1.29 is 23.8 Å². The summed E-state index contributed by atoms with van der Waals surface area (Å²) in [5, 5.41) is 3.78. The summed E-state index contributed by atoms with van der Waals surface area (Å²) < 4.78 is 16.1. The van der Waals surface area contributed by atoms with Crippen LogP contribution in [0.1, 0.15) is 12.5 Å². The number of hydrogen-bond donors (Lipinski definition) is 1. The summed E-state index contributed by atoms with van der Waals surface area (Å²) in [6, 6.07) is 3.38. The van der Waals surface area contributed by atoms with Crippen molar-refractivity contribution in [3.05, 3.63) is 22.2 Å². The van der Waals surface area contributed by atoms with Gasteiger partial charge in [0.2, 0.25) is 0 Å². The molecule has 0 bridgehead atoms. The number of likely N-dealkylation sites (N-methyl/N-ethyl adjacent to an activating group) is 1. The molecule has 132 valence electrons. The van der Waals surface area contributed by atoms with Gasteiger partial charge in [0, 0.05) is 14.1 Å². The molecule has 0 aromatic heterocycles. The van der Waals surface area contributed by atoms with Gasteiger partial charge in [0.25, 0.3) is 5.91 Å². The van der Waals surface area contributed by atoms with Crippen LogP contribution in [-0.4, -0.2) is 57.5 Å². The molecule has 0 saturated heterocycles. The number of halogens is 1. The summed E-state index contributed by atoms with van der Waals surface area (Å²) >= 11 is 3.37. The third-order valence-electron chi connectivity index (χ3n) is 2.74. The lowest BCUT2D eigenvalue weighted by Crippen LogP contribution is -2.27. The van der Waals surface area contributed by atoms with Gasteiger partial charge in [-0.3, -0.25) is 4.79 Å². The first-order valence-electron chi connectivity index (χ1n) is 7.05. The number of ether oxygens (including phenoxy) is 3. The molecule has 1 rings (SSSR count). The molecule has 0 aliphatic carbocycles. The van der Waals surface area contributed by atoms with Crippen LogP contribution in [-0.2, 0) is 9.53 Å². The van der Waals surface area contributed by atoms with Crippen LogP contribution >= 0.6 is 15.9 Å². The van der Waals surface area contributed by atoms with Crippen LogP contribution < -0.4 is 14.9 Å². The quantitative estimate of drug-likeness (QED) is 0.557. The highest BCUT2D eigenvalue weighted by Gasteiger charge is 2.14. The van der Waals surface area contributed by atoms with Crippen molar-refractivity contribution in [2.45, 2.75) is 6.92 Å². The van der Waals surface area contributed by atoms with Crippen LogP contribution in [0.5, 0.6) is 11.5 Å². The number of carbonyl (C=O) groups is 2. The Labute approximate surface area is 148 Å². The SMILES string of the molecule is CCOC(=O)N/N=C/c1cc(Br)c(OCC(=O)N(C)C)c(OC)c1. The van der Waals surface area contributed by atoms with Gasteiger partial charge in [-0.25, -0.2) is 10.2 Å². The van der Waals surface area contributed by atoms with Gasteiger partial charge in [0.05, 0.1) is 24.4 Å². The molecule has 0 radical (unpaired) electrons. The van der Waals surface area contributed by atoms with E-state index in [2.05, 4.69) is 31.2 Å². The number of benzene rings is 1. The van der Waals surface area contributed by atoms with Gasteiger partial charge in [-0.1, -0.05) is 0 Å². The minimum absolute atomic E-state index is 0.111. The number of hydrogen-bond acceptors (Lipinski definition) is 6. The predicted octanol–water partition coefficient (Wildman–Crippen LogP) is 2.00. The fraction of sp³-hybridized carbons (Fsp3) is 0.400. The Balaban J connectivity index is 2.85. The lowest BCUT2D eigenvalue weighted by Gasteiger charge is -2.15. The van der Waals surface area contributed by atoms with Crippen molar-refractivity contribution in [1.29, 1.82) is 0 Å². The lowest BCUT2D eigenvalue weighted by molar-refractivity contribution is -0.130. The van der Waals surface area contributed by atoms with Crippen LogP contribution in [0.15, 0.2) is 21.7 Å². The van der Waals surface area contributed by atoms with E-state index in [9.17, 15) is 9.59 Å². The Morgan fingerprint density at radius 1 is 1.38 bits per heavy atom. The highest BCUT2D eigenvalue weighted by Crippen LogP contribution is 2.36. The minimum Gasteiger partial charge on any atom is -0.493 e. The van der Waals surface area contributed by atoms with Crippen molar-refractivity contribution in [2.24, 2.45) is 5.10 Å². The van der Waals surface area contributed by atoms with E-state index in [1.54, 1.807) is 33.2 Å². The van der Waals surface area contributed by atoms with Crippen LogP contribution in [0, 0.1) is 0 Å². The second kappa shape index (κ2) is 9.76. The van der Waals surface area contributed by atoms with E-state index in [0.29, 0.717) is 21.5 Å². The molecule has 9 heteroatoms. The van der Waals surface area contributed by atoms with E-state index in [1.165, 1.54) is 18.2 Å². The fourth-order valence-electron chi connectivity index (χ4n) is 1.54. The van der Waals surface area contributed by atoms with E-state index in [1.807, 2.05) is 0 Å². The third kappa shape index (κ3) is 6.07. The third-order valence-corrected chi connectivity index (χ3v) is 3.32. The zero-order valence-corrected chi connectivity index (χ0v) is 15.5. The fourth-order valence-corrected chi connectivity index (χ4v) is 2.11. The minimum atomic E-state index is -0.637. The molecule has 0 saturated carbocycles. The summed E-state index contributed by atoms with van der Waals surface area (Å²) in [6.45, 7) is 1.85. The average molecular weight is 402 g/mol. The summed E-state index contributed by atoms with van der Waals surface area (Å²) in [4.78, 5) is 24.2. The van der Waals surface area contributed by atoms with E-state index < -0.39 is 6.09 Å². The molecule has 1 N–H and O–H groups in total.